The number of allylic oxidation sites excluding steroid dienone is 1. The summed E-state index contributed by atoms with van der Waals surface area (Å²) in [6.07, 6.45) is 3.68. The molecule has 0 bridgehead atoms. The molecule has 8 heteroatoms. The van der Waals surface area contributed by atoms with Crippen LogP contribution in [0, 0.1) is 0 Å². The van der Waals surface area contributed by atoms with Crippen molar-refractivity contribution in [1.82, 2.24) is 15.5 Å². The van der Waals surface area contributed by atoms with E-state index in [2.05, 4.69) is 43.2 Å². The molecule has 1 aromatic carbocycles. The summed E-state index contributed by atoms with van der Waals surface area (Å²) in [5.74, 6) is 1.93. The fraction of sp³-hybridized carbons (Fsp3) is 0.630. The minimum Gasteiger partial charge on any atom is -0.492 e. The minimum atomic E-state index is -0.842. The molecule has 192 valence electrons. The standard InChI is InChI=1S/C27H41N5O3/c1-7-10-20(28)31-23-16(3)29-21(8-2)32-15-19(24(33)27(23,32)6)30-25(34)17-11-9-12-18-22(17)35-14-13-26(18,4)5/h8-9,11-12,16,19,23-24,29,33H,7,10,13-15H2,1-6H3,(H2,28,31)(H,30,34)/b21-8-. The number of benzene rings is 1. The SMILES string of the molecule is C/C=C1/NC(C)C(N=C(N)CCC)C2(C)C(O)C(NC(=O)c3cccc4c3OCCC4(C)C)CN12. The number of hydrogen-bond acceptors (Lipinski definition) is 6. The van der Waals surface area contributed by atoms with Gasteiger partial charge in [-0.1, -0.05) is 32.9 Å². The molecule has 3 heterocycles. The van der Waals surface area contributed by atoms with Gasteiger partial charge in [-0.15, -0.1) is 0 Å². The van der Waals surface area contributed by atoms with Crippen LogP contribution in [0.15, 0.2) is 35.1 Å². The van der Waals surface area contributed by atoms with Crippen LogP contribution in [0.1, 0.15) is 76.7 Å². The molecule has 0 radical (unpaired) electrons. The summed E-state index contributed by atoms with van der Waals surface area (Å²) in [7, 11) is 0. The number of rotatable bonds is 5. The van der Waals surface area contributed by atoms with E-state index >= 15 is 0 Å². The smallest absolute Gasteiger partial charge is 0.255 e. The number of para-hydroxylation sites is 1. The number of ether oxygens (including phenoxy) is 1. The van der Waals surface area contributed by atoms with Crippen LogP contribution in [0.25, 0.3) is 0 Å². The van der Waals surface area contributed by atoms with E-state index in [0.29, 0.717) is 36.7 Å². The fourth-order valence-electron chi connectivity index (χ4n) is 5.95. The first-order valence-electron chi connectivity index (χ1n) is 12.8. The average Bonchev–Trinajstić information content (AvgIpc) is 3.06. The van der Waals surface area contributed by atoms with Gasteiger partial charge in [0, 0.05) is 24.6 Å². The third-order valence-electron chi connectivity index (χ3n) is 8.04. The van der Waals surface area contributed by atoms with Gasteiger partial charge in [0.25, 0.3) is 5.91 Å². The van der Waals surface area contributed by atoms with Gasteiger partial charge in [0.15, 0.2) is 0 Å². The van der Waals surface area contributed by atoms with Gasteiger partial charge in [0.05, 0.1) is 41.4 Å². The monoisotopic (exact) mass is 483 g/mol. The Bertz CT molecular complexity index is 1040. The van der Waals surface area contributed by atoms with Crippen molar-refractivity contribution in [3.05, 3.63) is 41.2 Å². The summed E-state index contributed by atoms with van der Waals surface area (Å²) >= 11 is 0. The van der Waals surface area contributed by atoms with Gasteiger partial charge in [0.2, 0.25) is 0 Å². The number of hydrogen-bond donors (Lipinski definition) is 4. The highest BCUT2D eigenvalue weighted by atomic mass is 16.5. The van der Waals surface area contributed by atoms with Crippen molar-refractivity contribution >= 4 is 11.7 Å². The molecule has 1 aromatic rings. The molecule has 2 fully saturated rings. The van der Waals surface area contributed by atoms with Crippen LogP contribution in [-0.2, 0) is 5.41 Å². The largest absolute Gasteiger partial charge is 0.492 e. The third kappa shape index (κ3) is 4.26. The van der Waals surface area contributed by atoms with Crippen molar-refractivity contribution in [2.45, 2.75) is 96.0 Å². The van der Waals surface area contributed by atoms with Crippen molar-refractivity contribution in [3.8, 4) is 5.75 Å². The molecule has 8 nitrogen and oxygen atoms in total. The van der Waals surface area contributed by atoms with Crippen molar-refractivity contribution in [3.63, 3.8) is 0 Å². The van der Waals surface area contributed by atoms with Crippen molar-refractivity contribution in [1.29, 1.82) is 0 Å². The second-order valence-electron chi connectivity index (χ2n) is 10.9. The first-order valence-corrected chi connectivity index (χ1v) is 12.8. The van der Waals surface area contributed by atoms with E-state index in [4.69, 9.17) is 15.5 Å². The Morgan fingerprint density at radius 3 is 2.83 bits per heavy atom. The molecule has 0 saturated carbocycles. The van der Waals surface area contributed by atoms with Crippen molar-refractivity contribution in [2.24, 2.45) is 10.7 Å². The van der Waals surface area contributed by atoms with Crippen LogP contribution in [0.4, 0.5) is 0 Å². The summed E-state index contributed by atoms with van der Waals surface area (Å²) in [6, 6.07) is 4.95. The van der Waals surface area contributed by atoms with E-state index in [9.17, 15) is 9.90 Å². The number of nitrogens with one attached hydrogen (secondary N) is 2. The Labute approximate surface area is 209 Å². The molecule has 0 spiro atoms. The molecule has 35 heavy (non-hydrogen) atoms. The molecule has 5 atom stereocenters. The van der Waals surface area contributed by atoms with E-state index in [1.807, 2.05) is 32.1 Å². The number of amidine groups is 1. The Hall–Kier alpha value is -2.74. The zero-order chi connectivity index (χ0) is 25.5. The van der Waals surface area contributed by atoms with E-state index in [1.165, 1.54) is 0 Å². The number of nitrogens with two attached hydrogens (primary N) is 1. The van der Waals surface area contributed by atoms with Crippen LogP contribution in [0.5, 0.6) is 5.75 Å². The zero-order valence-electron chi connectivity index (χ0n) is 21.9. The van der Waals surface area contributed by atoms with Crippen LogP contribution in [-0.4, -0.2) is 64.7 Å². The second-order valence-corrected chi connectivity index (χ2v) is 10.9. The topological polar surface area (TPSA) is 112 Å². The zero-order valence-corrected chi connectivity index (χ0v) is 21.9. The molecule has 1 amide bonds. The highest BCUT2D eigenvalue weighted by molar-refractivity contribution is 5.98. The average molecular weight is 484 g/mol. The van der Waals surface area contributed by atoms with E-state index < -0.39 is 17.7 Å². The Kier molecular flexibility index (Phi) is 6.79. The number of aliphatic hydroxyl groups excluding tert-OH is 1. The summed E-state index contributed by atoms with van der Waals surface area (Å²) in [6.45, 7) is 13.5. The normalized spacial score (nSPS) is 32.9. The summed E-state index contributed by atoms with van der Waals surface area (Å²) < 4.78 is 5.96. The maximum absolute atomic E-state index is 13.5. The van der Waals surface area contributed by atoms with Gasteiger partial charge in [-0.3, -0.25) is 9.79 Å². The molecule has 0 aromatic heterocycles. The lowest BCUT2D eigenvalue weighted by Crippen LogP contribution is -2.67. The predicted molar refractivity (Wildman–Crippen MR) is 139 cm³/mol. The Morgan fingerprint density at radius 2 is 2.14 bits per heavy atom. The molecule has 3 aliphatic heterocycles. The van der Waals surface area contributed by atoms with E-state index in [-0.39, 0.29) is 23.4 Å². The third-order valence-corrected chi connectivity index (χ3v) is 8.04. The second kappa shape index (κ2) is 9.37. The lowest BCUT2D eigenvalue weighted by molar-refractivity contribution is 0.00254. The predicted octanol–water partition coefficient (Wildman–Crippen LogP) is 2.66. The number of amides is 1. The lowest BCUT2D eigenvalue weighted by atomic mass is 9.79. The van der Waals surface area contributed by atoms with Gasteiger partial charge >= 0.3 is 0 Å². The van der Waals surface area contributed by atoms with Gasteiger partial charge in [-0.25, -0.2) is 0 Å². The Balaban J connectivity index is 1.64. The number of carbonyl (C=O) groups excluding carboxylic acids is 1. The van der Waals surface area contributed by atoms with Gasteiger partial charge in [0.1, 0.15) is 11.9 Å². The van der Waals surface area contributed by atoms with E-state index in [1.54, 1.807) is 6.07 Å². The molecule has 5 N–H and O–H groups in total. The lowest BCUT2D eigenvalue weighted by Gasteiger charge is -2.51. The number of carbonyl (C=O) groups is 1. The molecule has 2 saturated heterocycles. The minimum absolute atomic E-state index is 0.0290. The van der Waals surface area contributed by atoms with Crippen molar-refractivity contribution < 1.29 is 14.6 Å². The molecule has 5 unspecified atom stereocenters. The summed E-state index contributed by atoms with van der Waals surface area (Å²) in [5.41, 5.74) is 7.01. The molecular weight excluding hydrogens is 442 g/mol. The van der Waals surface area contributed by atoms with Crippen LogP contribution in [0.3, 0.4) is 0 Å². The number of aliphatic imine (C=N–C) groups is 1. The first-order chi connectivity index (χ1) is 16.5. The summed E-state index contributed by atoms with van der Waals surface area (Å²) in [4.78, 5) is 20.5. The van der Waals surface area contributed by atoms with Crippen LogP contribution >= 0.6 is 0 Å². The number of nitrogens with zero attached hydrogens (tertiary/aromatic N) is 2. The van der Waals surface area contributed by atoms with Gasteiger partial charge in [-0.2, -0.15) is 0 Å². The van der Waals surface area contributed by atoms with Crippen LogP contribution < -0.4 is 21.1 Å². The Morgan fingerprint density at radius 1 is 1.40 bits per heavy atom. The first kappa shape index (κ1) is 25.4. The van der Waals surface area contributed by atoms with Crippen LogP contribution in [0.2, 0.25) is 0 Å². The number of aliphatic hydroxyl groups is 1. The van der Waals surface area contributed by atoms with Crippen molar-refractivity contribution in [2.75, 3.05) is 13.2 Å². The molecular formula is C27H41N5O3. The maximum Gasteiger partial charge on any atom is 0.255 e. The highest BCUT2D eigenvalue weighted by Gasteiger charge is 2.59. The summed E-state index contributed by atoms with van der Waals surface area (Å²) in [5, 5.41) is 18.3. The fourth-order valence-corrected chi connectivity index (χ4v) is 5.95. The van der Waals surface area contributed by atoms with Gasteiger partial charge < -0.3 is 31.1 Å². The molecule has 4 rings (SSSR count). The maximum atomic E-state index is 13.5. The number of fused-ring (bicyclic) bond motifs is 2. The quantitative estimate of drug-likeness (QED) is 0.378. The van der Waals surface area contributed by atoms with Gasteiger partial charge in [-0.05, 0) is 51.2 Å². The highest BCUT2D eigenvalue weighted by Crippen LogP contribution is 2.42. The molecule has 3 aliphatic rings. The molecule has 0 aliphatic carbocycles. The van der Waals surface area contributed by atoms with E-state index in [0.717, 1.165) is 24.2 Å².